The molecule has 0 aromatic rings. The van der Waals surface area contributed by atoms with Gasteiger partial charge in [0.05, 0.1) is 6.61 Å². The molecule has 86 valence electrons. The van der Waals surface area contributed by atoms with Crippen LogP contribution >= 0.6 is 0 Å². The van der Waals surface area contributed by atoms with Gasteiger partial charge in [-0.15, -0.1) is 0 Å². The minimum atomic E-state index is 0.586. The fourth-order valence-corrected chi connectivity index (χ4v) is 3.58. The second-order valence-corrected chi connectivity index (χ2v) is 6.12. The Morgan fingerprint density at radius 2 is 1.87 bits per heavy atom. The second kappa shape index (κ2) is 3.74. The van der Waals surface area contributed by atoms with E-state index in [9.17, 15) is 0 Å². The van der Waals surface area contributed by atoms with E-state index in [1.54, 1.807) is 0 Å². The summed E-state index contributed by atoms with van der Waals surface area (Å²) in [6.07, 6.45) is 7.10. The smallest absolute Gasteiger partial charge is 0.0547 e. The van der Waals surface area contributed by atoms with Crippen molar-refractivity contribution in [1.29, 1.82) is 0 Å². The molecule has 3 fully saturated rings. The molecule has 2 heterocycles. The van der Waals surface area contributed by atoms with Gasteiger partial charge >= 0.3 is 0 Å². The highest BCUT2D eigenvalue weighted by Gasteiger charge is 2.47. The van der Waals surface area contributed by atoms with Crippen molar-refractivity contribution in [3.8, 4) is 0 Å². The van der Waals surface area contributed by atoms with E-state index in [1.165, 1.54) is 45.2 Å². The fraction of sp³-hybridized carbons (Fsp3) is 1.00. The molecule has 0 radical (unpaired) electrons. The van der Waals surface area contributed by atoms with Crippen LogP contribution in [0, 0.1) is 11.3 Å². The van der Waals surface area contributed by atoms with Crippen LogP contribution in [-0.4, -0.2) is 37.2 Å². The number of likely N-dealkylation sites (tertiary alicyclic amines) is 1. The van der Waals surface area contributed by atoms with E-state index in [0.29, 0.717) is 5.41 Å². The van der Waals surface area contributed by atoms with Gasteiger partial charge < -0.3 is 4.74 Å². The average Bonchev–Trinajstić information content (AvgIpc) is 2.66. The third-order valence-electron chi connectivity index (χ3n) is 4.76. The monoisotopic (exact) mass is 209 g/mol. The molecular weight excluding hydrogens is 186 g/mol. The van der Waals surface area contributed by atoms with Crippen molar-refractivity contribution in [2.75, 3.05) is 26.3 Å². The molecule has 0 unspecified atom stereocenters. The lowest BCUT2D eigenvalue weighted by Crippen LogP contribution is -2.60. The summed E-state index contributed by atoms with van der Waals surface area (Å²) in [5, 5.41) is 0. The van der Waals surface area contributed by atoms with Gasteiger partial charge in [-0.05, 0) is 38.0 Å². The molecule has 2 heteroatoms. The topological polar surface area (TPSA) is 12.5 Å². The Bertz CT molecular complexity index is 219. The molecule has 3 aliphatic rings. The van der Waals surface area contributed by atoms with Crippen LogP contribution in [0.4, 0.5) is 0 Å². The van der Waals surface area contributed by atoms with E-state index in [-0.39, 0.29) is 0 Å². The summed E-state index contributed by atoms with van der Waals surface area (Å²) in [4.78, 5) is 2.72. The molecule has 3 rings (SSSR count). The lowest BCUT2D eigenvalue weighted by atomic mass is 9.76. The Hall–Kier alpha value is -0.0800. The number of ether oxygens (including phenoxy) is 1. The molecule has 15 heavy (non-hydrogen) atoms. The summed E-state index contributed by atoms with van der Waals surface area (Å²) in [7, 11) is 0. The molecule has 0 N–H and O–H groups in total. The van der Waals surface area contributed by atoms with Crippen molar-refractivity contribution in [1.82, 2.24) is 4.90 Å². The summed E-state index contributed by atoms with van der Waals surface area (Å²) < 4.78 is 5.53. The Labute approximate surface area is 93.0 Å². The largest absolute Gasteiger partial charge is 0.381 e. The van der Waals surface area contributed by atoms with Crippen LogP contribution in [0.5, 0.6) is 0 Å². The molecule has 0 bridgehead atoms. The van der Waals surface area contributed by atoms with Gasteiger partial charge in [-0.2, -0.15) is 0 Å². The normalized spacial score (nSPS) is 40.6. The molecule has 0 amide bonds. The van der Waals surface area contributed by atoms with Crippen LogP contribution < -0.4 is 0 Å². The van der Waals surface area contributed by atoms with Crippen molar-refractivity contribution >= 4 is 0 Å². The fourth-order valence-electron chi connectivity index (χ4n) is 3.58. The lowest BCUT2D eigenvalue weighted by Gasteiger charge is -2.52. The summed E-state index contributed by atoms with van der Waals surface area (Å²) in [6, 6.07) is 0.910. The highest BCUT2D eigenvalue weighted by atomic mass is 16.5. The first-order valence-corrected chi connectivity index (χ1v) is 6.59. The van der Waals surface area contributed by atoms with Gasteiger partial charge in [0.15, 0.2) is 0 Å². The predicted octanol–water partition coefficient (Wildman–Crippen LogP) is 2.29. The summed E-state index contributed by atoms with van der Waals surface area (Å²) in [5.74, 6) is 0.978. The van der Waals surface area contributed by atoms with Crippen LogP contribution in [0.15, 0.2) is 0 Å². The van der Waals surface area contributed by atoms with Crippen molar-refractivity contribution in [2.45, 2.75) is 45.1 Å². The first-order valence-electron chi connectivity index (χ1n) is 6.59. The van der Waals surface area contributed by atoms with Crippen LogP contribution in [-0.2, 0) is 4.74 Å². The molecule has 0 aromatic heterocycles. The molecule has 0 atom stereocenters. The summed E-state index contributed by atoms with van der Waals surface area (Å²) >= 11 is 0. The van der Waals surface area contributed by atoms with Gasteiger partial charge in [-0.3, -0.25) is 4.90 Å². The van der Waals surface area contributed by atoms with Crippen molar-refractivity contribution in [3.63, 3.8) is 0 Å². The van der Waals surface area contributed by atoms with E-state index in [0.717, 1.165) is 25.2 Å². The molecule has 1 spiro atoms. The zero-order valence-electron chi connectivity index (χ0n) is 9.87. The van der Waals surface area contributed by atoms with Gasteiger partial charge in [0.1, 0.15) is 0 Å². The maximum Gasteiger partial charge on any atom is 0.0547 e. The van der Waals surface area contributed by atoms with Crippen molar-refractivity contribution < 1.29 is 4.74 Å². The van der Waals surface area contributed by atoms with Crippen molar-refractivity contribution in [3.05, 3.63) is 0 Å². The molecule has 2 aliphatic heterocycles. The van der Waals surface area contributed by atoms with Crippen LogP contribution in [0.3, 0.4) is 0 Å². The maximum atomic E-state index is 5.53. The Morgan fingerprint density at radius 3 is 2.47 bits per heavy atom. The number of nitrogens with zero attached hydrogens (tertiary/aromatic N) is 1. The standard InChI is InChI=1S/C13H23NO/c1-11-2-4-12(5-3-11)14-8-13(9-14)6-7-15-10-13/h11-12H,2-10H2,1H3. The van der Waals surface area contributed by atoms with E-state index in [4.69, 9.17) is 4.74 Å². The third-order valence-corrected chi connectivity index (χ3v) is 4.76. The van der Waals surface area contributed by atoms with Gasteiger partial charge in [0, 0.05) is 31.2 Å². The molecular formula is C13H23NO. The Morgan fingerprint density at radius 1 is 1.13 bits per heavy atom. The van der Waals surface area contributed by atoms with E-state index >= 15 is 0 Å². The van der Waals surface area contributed by atoms with Gasteiger partial charge in [-0.1, -0.05) is 6.92 Å². The number of hydrogen-bond donors (Lipinski definition) is 0. The highest BCUT2D eigenvalue weighted by Crippen LogP contribution is 2.41. The van der Waals surface area contributed by atoms with Gasteiger partial charge in [-0.25, -0.2) is 0 Å². The lowest BCUT2D eigenvalue weighted by molar-refractivity contribution is -0.0472. The Kier molecular flexibility index (Phi) is 2.52. The van der Waals surface area contributed by atoms with Crippen molar-refractivity contribution in [2.24, 2.45) is 11.3 Å². The van der Waals surface area contributed by atoms with Crippen LogP contribution in [0.2, 0.25) is 0 Å². The molecule has 1 saturated carbocycles. The molecule has 1 aliphatic carbocycles. The minimum Gasteiger partial charge on any atom is -0.381 e. The number of rotatable bonds is 1. The average molecular weight is 209 g/mol. The zero-order valence-corrected chi connectivity index (χ0v) is 9.87. The zero-order chi connectivity index (χ0) is 10.3. The summed E-state index contributed by atoms with van der Waals surface area (Å²) in [6.45, 7) is 7.10. The predicted molar refractivity (Wildman–Crippen MR) is 60.9 cm³/mol. The van der Waals surface area contributed by atoms with E-state index in [2.05, 4.69) is 11.8 Å². The van der Waals surface area contributed by atoms with Crippen LogP contribution in [0.1, 0.15) is 39.0 Å². The number of hydrogen-bond acceptors (Lipinski definition) is 2. The first-order chi connectivity index (χ1) is 7.27. The minimum absolute atomic E-state index is 0.586. The Balaban J connectivity index is 1.50. The van der Waals surface area contributed by atoms with E-state index < -0.39 is 0 Å². The highest BCUT2D eigenvalue weighted by molar-refractivity contribution is 5.00. The summed E-state index contributed by atoms with van der Waals surface area (Å²) in [5.41, 5.74) is 0.586. The molecule has 2 saturated heterocycles. The quantitative estimate of drug-likeness (QED) is 0.657. The van der Waals surface area contributed by atoms with E-state index in [1.807, 2.05) is 0 Å². The molecule has 2 nitrogen and oxygen atoms in total. The maximum absolute atomic E-state index is 5.53. The van der Waals surface area contributed by atoms with Crippen LogP contribution in [0.25, 0.3) is 0 Å². The second-order valence-electron chi connectivity index (χ2n) is 6.12. The first kappa shape index (κ1) is 10.1. The van der Waals surface area contributed by atoms with Gasteiger partial charge in [0.25, 0.3) is 0 Å². The SMILES string of the molecule is CC1CCC(N2CC3(CCOC3)C2)CC1. The molecule has 0 aromatic carbocycles. The van der Waals surface area contributed by atoms with Gasteiger partial charge in [0.2, 0.25) is 0 Å². The third kappa shape index (κ3) is 1.83.